The van der Waals surface area contributed by atoms with Crippen molar-refractivity contribution in [2.24, 2.45) is 10.7 Å². The normalized spacial score (nSPS) is 14.6. The third-order valence-electron chi connectivity index (χ3n) is 3.64. The summed E-state index contributed by atoms with van der Waals surface area (Å²) < 4.78 is 0. The molecule has 0 fully saturated rings. The van der Waals surface area contributed by atoms with Gasteiger partial charge in [0.1, 0.15) is 0 Å². The fraction of sp³-hybridized carbons (Fsp3) is 0.167. The van der Waals surface area contributed by atoms with Crippen LogP contribution in [0.5, 0.6) is 0 Å². The molecule has 2 nitrogen and oxygen atoms in total. The summed E-state index contributed by atoms with van der Waals surface area (Å²) in [5.41, 5.74) is 12.9. The second-order valence-electron chi connectivity index (χ2n) is 4.96. The Morgan fingerprint density at radius 3 is 2.40 bits per heavy atom. The zero-order chi connectivity index (χ0) is 13.9. The van der Waals surface area contributed by atoms with E-state index in [2.05, 4.69) is 60.4 Å². The van der Waals surface area contributed by atoms with E-state index in [0.29, 0.717) is 6.54 Å². The van der Waals surface area contributed by atoms with Gasteiger partial charge in [-0.2, -0.15) is 0 Å². The molecule has 0 atom stereocenters. The van der Waals surface area contributed by atoms with Gasteiger partial charge in [0, 0.05) is 17.0 Å². The van der Waals surface area contributed by atoms with Crippen molar-refractivity contribution in [3.05, 3.63) is 65.9 Å². The van der Waals surface area contributed by atoms with E-state index in [-0.39, 0.29) is 0 Å². The second-order valence-corrected chi connectivity index (χ2v) is 4.96. The Kier molecular flexibility index (Phi) is 3.38. The molecule has 20 heavy (non-hydrogen) atoms. The van der Waals surface area contributed by atoms with E-state index in [1.165, 1.54) is 16.7 Å². The molecule has 2 aromatic rings. The summed E-state index contributed by atoms with van der Waals surface area (Å²) in [6.45, 7) is 2.76. The molecule has 100 valence electrons. The molecule has 0 saturated heterocycles. The van der Waals surface area contributed by atoms with E-state index < -0.39 is 0 Å². The van der Waals surface area contributed by atoms with Crippen molar-refractivity contribution in [1.82, 2.24) is 0 Å². The van der Waals surface area contributed by atoms with Crippen LogP contribution in [-0.2, 0) is 0 Å². The van der Waals surface area contributed by atoms with Gasteiger partial charge in [0.2, 0.25) is 0 Å². The first-order valence-electron chi connectivity index (χ1n) is 6.97. The Bertz CT molecular complexity index is 682. The van der Waals surface area contributed by atoms with E-state index in [0.717, 1.165) is 23.4 Å². The van der Waals surface area contributed by atoms with Gasteiger partial charge in [0.05, 0.1) is 6.54 Å². The fourth-order valence-corrected chi connectivity index (χ4v) is 2.65. The lowest BCUT2D eigenvalue weighted by atomic mass is 9.95. The molecule has 2 N–H and O–H groups in total. The summed E-state index contributed by atoms with van der Waals surface area (Å²) in [6.07, 6.45) is 0.922. The zero-order valence-corrected chi connectivity index (χ0v) is 11.6. The minimum absolute atomic E-state index is 0.633. The molecule has 0 aromatic heterocycles. The Morgan fingerprint density at radius 1 is 0.950 bits per heavy atom. The van der Waals surface area contributed by atoms with Crippen LogP contribution in [0.1, 0.15) is 18.9 Å². The number of nitrogens with two attached hydrogens (primary N) is 1. The summed E-state index contributed by atoms with van der Waals surface area (Å²) >= 11 is 0. The topological polar surface area (TPSA) is 38.4 Å². The maximum absolute atomic E-state index is 6.13. The molecule has 1 heterocycles. The number of allylic oxidation sites excluding steroid dienone is 1. The average molecular weight is 262 g/mol. The summed E-state index contributed by atoms with van der Waals surface area (Å²) in [4.78, 5) is 4.51. The molecule has 0 bridgehead atoms. The Hall–Kier alpha value is -2.35. The number of nitrogens with zero attached hydrogens (tertiary/aromatic N) is 1. The maximum atomic E-state index is 6.13. The molecular formula is C18H18N2. The van der Waals surface area contributed by atoms with Gasteiger partial charge in [-0.25, -0.2) is 0 Å². The van der Waals surface area contributed by atoms with Gasteiger partial charge in [-0.15, -0.1) is 0 Å². The first kappa shape index (κ1) is 12.7. The van der Waals surface area contributed by atoms with Gasteiger partial charge in [-0.1, -0.05) is 55.5 Å². The summed E-state index contributed by atoms with van der Waals surface area (Å²) in [7, 11) is 0. The van der Waals surface area contributed by atoms with Crippen LogP contribution in [0.15, 0.2) is 65.3 Å². The highest BCUT2D eigenvalue weighted by Crippen LogP contribution is 2.28. The molecule has 0 spiro atoms. The quantitative estimate of drug-likeness (QED) is 0.895. The van der Waals surface area contributed by atoms with Crippen molar-refractivity contribution in [2.75, 3.05) is 6.54 Å². The molecule has 1 aliphatic rings. The summed E-state index contributed by atoms with van der Waals surface area (Å²) in [5, 5.41) is 0. The minimum Gasteiger partial charge on any atom is -0.400 e. The lowest BCUT2D eigenvalue weighted by molar-refractivity contribution is 1.13. The number of hydrogen-bond donors (Lipinski definition) is 1. The molecular weight excluding hydrogens is 244 g/mol. The Labute approximate surface area is 119 Å². The maximum Gasteiger partial charge on any atom is 0.0794 e. The van der Waals surface area contributed by atoms with Crippen LogP contribution in [-0.4, -0.2) is 12.3 Å². The molecule has 0 aliphatic carbocycles. The van der Waals surface area contributed by atoms with Crippen molar-refractivity contribution in [3.8, 4) is 11.1 Å². The molecule has 0 amide bonds. The van der Waals surface area contributed by atoms with Crippen molar-refractivity contribution in [2.45, 2.75) is 13.3 Å². The Balaban J connectivity index is 2.05. The third-order valence-corrected chi connectivity index (χ3v) is 3.64. The standard InChI is InChI=1S/C18H18N2/c1-2-17-18(16(19)12-20-17)15-10-6-9-14(11-15)13-7-4-3-5-8-13/h3-11H,2,12,19H2,1H3. The van der Waals surface area contributed by atoms with Crippen LogP contribution in [0, 0.1) is 0 Å². The highest BCUT2D eigenvalue weighted by Gasteiger charge is 2.17. The number of rotatable bonds is 3. The van der Waals surface area contributed by atoms with E-state index in [1.807, 2.05) is 6.07 Å². The number of benzene rings is 2. The van der Waals surface area contributed by atoms with E-state index in [1.54, 1.807) is 0 Å². The van der Waals surface area contributed by atoms with E-state index in [4.69, 9.17) is 5.73 Å². The van der Waals surface area contributed by atoms with Crippen LogP contribution in [0.3, 0.4) is 0 Å². The van der Waals surface area contributed by atoms with Crippen LogP contribution in [0.2, 0.25) is 0 Å². The fourth-order valence-electron chi connectivity index (χ4n) is 2.65. The molecule has 2 aromatic carbocycles. The van der Waals surface area contributed by atoms with Crippen LogP contribution in [0.25, 0.3) is 16.7 Å². The lowest BCUT2D eigenvalue weighted by Crippen LogP contribution is -2.04. The van der Waals surface area contributed by atoms with Crippen LogP contribution < -0.4 is 5.73 Å². The monoisotopic (exact) mass is 262 g/mol. The van der Waals surface area contributed by atoms with Crippen molar-refractivity contribution >= 4 is 11.3 Å². The highest BCUT2D eigenvalue weighted by atomic mass is 14.8. The largest absolute Gasteiger partial charge is 0.400 e. The second kappa shape index (κ2) is 5.33. The molecule has 1 aliphatic heterocycles. The summed E-state index contributed by atoms with van der Waals surface area (Å²) in [6, 6.07) is 18.9. The van der Waals surface area contributed by atoms with Gasteiger partial charge in [0.25, 0.3) is 0 Å². The van der Waals surface area contributed by atoms with Crippen molar-refractivity contribution < 1.29 is 0 Å². The zero-order valence-electron chi connectivity index (χ0n) is 11.6. The SMILES string of the molecule is CCC1=NCC(N)=C1c1cccc(-c2ccccc2)c1. The number of hydrogen-bond acceptors (Lipinski definition) is 2. The molecule has 0 saturated carbocycles. The predicted molar refractivity (Wildman–Crippen MR) is 85.6 cm³/mol. The van der Waals surface area contributed by atoms with E-state index in [9.17, 15) is 0 Å². The average Bonchev–Trinajstić information content (AvgIpc) is 2.89. The lowest BCUT2D eigenvalue weighted by Gasteiger charge is -2.09. The van der Waals surface area contributed by atoms with Gasteiger partial charge in [-0.05, 0) is 29.2 Å². The van der Waals surface area contributed by atoms with Gasteiger partial charge in [-0.3, -0.25) is 4.99 Å². The van der Waals surface area contributed by atoms with Crippen molar-refractivity contribution in [1.29, 1.82) is 0 Å². The third kappa shape index (κ3) is 2.25. The van der Waals surface area contributed by atoms with Crippen molar-refractivity contribution in [3.63, 3.8) is 0 Å². The van der Waals surface area contributed by atoms with Gasteiger partial charge in [0.15, 0.2) is 0 Å². The van der Waals surface area contributed by atoms with Gasteiger partial charge >= 0.3 is 0 Å². The predicted octanol–water partition coefficient (Wildman–Crippen LogP) is 3.89. The summed E-state index contributed by atoms with van der Waals surface area (Å²) in [5.74, 6) is 0. The first-order valence-corrected chi connectivity index (χ1v) is 6.97. The first-order chi connectivity index (χ1) is 9.79. The minimum atomic E-state index is 0.633. The van der Waals surface area contributed by atoms with Crippen LogP contribution in [0.4, 0.5) is 0 Å². The molecule has 0 unspecified atom stereocenters. The number of aliphatic imine (C=N–C) groups is 1. The molecule has 3 rings (SSSR count). The van der Waals surface area contributed by atoms with E-state index >= 15 is 0 Å². The molecule has 0 radical (unpaired) electrons. The van der Waals surface area contributed by atoms with Gasteiger partial charge < -0.3 is 5.73 Å². The smallest absolute Gasteiger partial charge is 0.0794 e. The highest BCUT2D eigenvalue weighted by molar-refractivity contribution is 6.26. The van der Waals surface area contributed by atoms with Crippen LogP contribution >= 0.6 is 0 Å². The molecule has 2 heteroatoms. The Morgan fingerprint density at radius 2 is 1.65 bits per heavy atom.